The van der Waals surface area contributed by atoms with Crippen LogP contribution in [0.2, 0.25) is 0 Å². The Hall–Kier alpha value is -1.86. The summed E-state index contributed by atoms with van der Waals surface area (Å²) in [6.45, 7) is 0.349. The van der Waals surface area contributed by atoms with Crippen molar-refractivity contribution in [3.05, 3.63) is 29.6 Å². The number of piperidine rings is 1. The zero-order valence-electron chi connectivity index (χ0n) is 9.95. The fourth-order valence-corrected chi connectivity index (χ4v) is 2.04. The maximum Gasteiger partial charge on any atom is 0.227 e. The van der Waals surface area contributed by atoms with Crippen LogP contribution in [0.25, 0.3) is 0 Å². The number of anilines is 1. The normalized spacial score (nSPS) is 15.2. The first-order valence-electron chi connectivity index (χ1n) is 5.92. The summed E-state index contributed by atoms with van der Waals surface area (Å²) in [5.41, 5.74) is 1.07. The molecule has 4 heteroatoms. The number of carbonyl (C=O) groups is 1. The molecule has 2 rings (SSSR count). The van der Waals surface area contributed by atoms with Gasteiger partial charge >= 0.3 is 0 Å². The van der Waals surface area contributed by atoms with Crippen LogP contribution in [0.5, 0.6) is 0 Å². The first kappa shape index (κ1) is 12.6. The molecule has 18 heavy (non-hydrogen) atoms. The predicted molar refractivity (Wildman–Crippen MR) is 66.6 cm³/mol. The molecule has 0 saturated carbocycles. The molecule has 1 fully saturated rings. The van der Waals surface area contributed by atoms with E-state index < -0.39 is 5.82 Å². The second kappa shape index (κ2) is 5.65. The van der Waals surface area contributed by atoms with E-state index in [0.29, 0.717) is 24.2 Å². The van der Waals surface area contributed by atoms with Gasteiger partial charge in [-0.3, -0.25) is 4.79 Å². The minimum atomic E-state index is -0.398. The number of amides is 1. The Labute approximate surface area is 105 Å². The van der Waals surface area contributed by atoms with Crippen LogP contribution in [0.15, 0.2) is 18.2 Å². The number of nitrogens with zero attached hydrogens (tertiary/aromatic N) is 1. The number of halogens is 1. The summed E-state index contributed by atoms with van der Waals surface area (Å²) >= 11 is 0. The summed E-state index contributed by atoms with van der Waals surface area (Å²) in [4.78, 5) is 13.5. The molecule has 94 valence electrons. The molecule has 0 aliphatic carbocycles. The van der Waals surface area contributed by atoms with Crippen LogP contribution in [0.1, 0.15) is 24.8 Å². The lowest BCUT2D eigenvalue weighted by Crippen LogP contribution is -2.35. The van der Waals surface area contributed by atoms with Crippen molar-refractivity contribution in [2.75, 3.05) is 18.1 Å². The van der Waals surface area contributed by atoms with Gasteiger partial charge in [-0.25, -0.2) is 4.39 Å². The molecule has 0 aromatic heterocycles. The molecule has 0 spiro atoms. The third kappa shape index (κ3) is 2.69. The van der Waals surface area contributed by atoms with Crippen LogP contribution in [0.3, 0.4) is 0 Å². The highest BCUT2D eigenvalue weighted by Gasteiger charge is 2.21. The SMILES string of the molecule is O=C1CCCCN1c1ccc(F)cc1C#CCO. The van der Waals surface area contributed by atoms with Gasteiger partial charge in [0.1, 0.15) is 12.4 Å². The van der Waals surface area contributed by atoms with Gasteiger partial charge in [0.25, 0.3) is 0 Å². The smallest absolute Gasteiger partial charge is 0.227 e. The highest BCUT2D eigenvalue weighted by atomic mass is 19.1. The van der Waals surface area contributed by atoms with Crippen LogP contribution >= 0.6 is 0 Å². The number of aliphatic hydroxyl groups is 1. The van der Waals surface area contributed by atoms with E-state index in [9.17, 15) is 9.18 Å². The fourth-order valence-electron chi connectivity index (χ4n) is 2.04. The van der Waals surface area contributed by atoms with Gasteiger partial charge in [-0.1, -0.05) is 11.8 Å². The van der Waals surface area contributed by atoms with E-state index in [1.165, 1.54) is 12.1 Å². The van der Waals surface area contributed by atoms with Crippen LogP contribution < -0.4 is 4.90 Å². The highest BCUT2D eigenvalue weighted by Crippen LogP contribution is 2.25. The van der Waals surface area contributed by atoms with E-state index in [0.717, 1.165) is 12.8 Å². The third-order valence-electron chi connectivity index (χ3n) is 2.87. The van der Waals surface area contributed by atoms with Crippen LogP contribution in [0.4, 0.5) is 10.1 Å². The van der Waals surface area contributed by atoms with E-state index in [1.807, 2.05) is 0 Å². The van der Waals surface area contributed by atoms with Gasteiger partial charge in [0.2, 0.25) is 5.91 Å². The van der Waals surface area contributed by atoms with Crippen LogP contribution in [0, 0.1) is 17.7 Å². The number of benzene rings is 1. The van der Waals surface area contributed by atoms with Gasteiger partial charge < -0.3 is 10.0 Å². The Kier molecular flexibility index (Phi) is 3.96. The summed E-state index contributed by atoms with van der Waals surface area (Å²) in [7, 11) is 0. The zero-order chi connectivity index (χ0) is 13.0. The average molecular weight is 247 g/mol. The van der Waals surface area contributed by atoms with Crippen LogP contribution in [-0.4, -0.2) is 24.2 Å². The first-order valence-corrected chi connectivity index (χ1v) is 5.92. The molecule has 3 nitrogen and oxygen atoms in total. The Morgan fingerprint density at radius 2 is 2.22 bits per heavy atom. The minimum Gasteiger partial charge on any atom is -0.384 e. The second-order valence-electron chi connectivity index (χ2n) is 4.12. The van der Waals surface area contributed by atoms with Gasteiger partial charge in [0, 0.05) is 13.0 Å². The quantitative estimate of drug-likeness (QED) is 0.767. The topological polar surface area (TPSA) is 40.5 Å². The molecule has 0 bridgehead atoms. The van der Waals surface area contributed by atoms with Crippen LogP contribution in [-0.2, 0) is 4.79 Å². The van der Waals surface area contributed by atoms with Gasteiger partial charge in [-0.2, -0.15) is 0 Å². The van der Waals surface area contributed by atoms with Crippen molar-refractivity contribution < 1.29 is 14.3 Å². The molecule has 0 unspecified atom stereocenters. The second-order valence-corrected chi connectivity index (χ2v) is 4.12. The van der Waals surface area contributed by atoms with Gasteiger partial charge in [0.05, 0.1) is 11.3 Å². The lowest BCUT2D eigenvalue weighted by atomic mass is 10.1. The molecule has 0 atom stereocenters. The molecule has 1 amide bonds. The zero-order valence-corrected chi connectivity index (χ0v) is 9.95. The van der Waals surface area contributed by atoms with Gasteiger partial charge in [-0.15, -0.1) is 0 Å². The van der Waals surface area contributed by atoms with E-state index >= 15 is 0 Å². The Balaban J connectivity index is 2.39. The number of rotatable bonds is 1. The summed E-state index contributed by atoms with van der Waals surface area (Å²) in [6, 6.07) is 4.18. The van der Waals surface area contributed by atoms with Gasteiger partial charge in [0.15, 0.2) is 0 Å². The molecule has 1 saturated heterocycles. The monoisotopic (exact) mass is 247 g/mol. The van der Waals surface area contributed by atoms with E-state index in [1.54, 1.807) is 11.0 Å². The molecule has 1 aromatic rings. The molecule has 1 N–H and O–H groups in total. The molecule has 1 aliphatic heterocycles. The fraction of sp³-hybridized carbons (Fsp3) is 0.357. The van der Waals surface area contributed by atoms with Crippen molar-refractivity contribution in [1.82, 2.24) is 0 Å². The predicted octanol–water partition coefficient (Wildman–Crippen LogP) is 1.69. The van der Waals surface area contributed by atoms with Crippen molar-refractivity contribution in [2.45, 2.75) is 19.3 Å². The summed E-state index contributed by atoms with van der Waals surface area (Å²) in [5.74, 6) is 4.82. The van der Waals surface area contributed by atoms with Crippen molar-refractivity contribution in [1.29, 1.82) is 0 Å². The molecule has 1 aliphatic rings. The molecular formula is C14H14FNO2. The minimum absolute atomic E-state index is 0.0416. The standard InChI is InChI=1S/C14H14FNO2/c15-12-6-7-13(11(10-12)4-3-9-17)16-8-2-1-5-14(16)18/h6-7,10,17H,1-2,5,8-9H2. The number of carbonyl (C=O) groups excluding carboxylic acids is 1. The first-order chi connectivity index (χ1) is 8.72. The molecular weight excluding hydrogens is 233 g/mol. The summed E-state index contributed by atoms with van der Waals surface area (Å²) < 4.78 is 13.2. The number of aliphatic hydroxyl groups excluding tert-OH is 1. The lowest BCUT2D eigenvalue weighted by Gasteiger charge is -2.27. The summed E-state index contributed by atoms with van der Waals surface area (Å²) in [5, 5.41) is 8.70. The van der Waals surface area contributed by atoms with E-state index in [2.05, 4.69) is 11.8 Å². The molecule has 1 aromatic carbocycles. The number of hydrogen-bond donors (Lipinski definition) is 1. The van der Waals surface area contributed by atoms with Crippen molar-refractivity contribution in [2.24, 2.45) is 0 Å². The van der Waals surface area contributed by atoms with Gasteiger partial charge in [-0.05, 0) is 31.0 Å². The van der Waals surface area contributed by atoms with E-state index in [-0.39, 0.29) is 12.5 Å². The maximum atomic E-state index is 13.2. The molecule has 0 radical (unpaired) electrons. The largest absolute Gasteiger partial charge is 0.384 e. The Morgan fingerprint density at radius 1 is 1.39 bits per heavy atom. The molecule has 1 heterocycles. The van der Waals surface area contributed by atoms with E-state index in [4.69, 9.17) is 5.11 Å². The van der Waals surface area contributed by atoms with Crippen molar-refractivity contribution >= 4 is 11.6 Å². The lowest BCUT2D eigenvalue weighted by molar-refractivity contribution is -0.119. The van der Waals surface area contributed by atoms with Crippen molar-refractivity contribution in [3.63, 3.8) is 0 Å². The third-order valence-corrected chi connectivity index (χ3v) is 2.87. The maximum absolute atomic E-state index is 13.2. The number of hydrogen-bond acceptors (Lipinski definition) is 2. The summed E-state index contributed by atoms with van der Waals surface area (Å²) in [6.07, 6.45) is 2.36. The highest BCUT2D eigenvalue weighted by molar-refractivity contribution is 5.95. The Bertz CT molecular complexity index is 516. The Morgan fingerprint density at radius 3 is 2.94 bits per heavy atom. The van der Waals surface area contributed by atoms with Crippen molar-refractivity contribution in [3.8, 4) is 11.8 Å². The average Bonchev–Trinajstić information content (AvgIpc) is 2.37.